The zero-order valence-electron chi connectivity index (χ0n) is 14.2. The Labute approximate surface area is 142 Å². The molecule has 0 spiro atoms. The van der Waals surface area contributed by atoms with E-state index in [9.17, 15) is 0 Å². The molecular weight excluding hydrogens is 304 g/mol. The van der Waals surface area contributed by atoms with Gasteiger partial charge in [0.15, 0.2) is 5.96 Å². The average molecular weight is 328 g/mol. The normalized spacial score (nSPS) is 11.2. The number of nitrogens with one attached hydrogen (secondary N) is 2. The van der Waals surface area contributed by atoms with Crippen molar-refractivity contribution >= 4 is 5.96 Å². The number of ether oxygens (including phenoxy) is 2. The highest BCUT2D eigenvalue weighted by molar-refractivity contribution is 5.79. The number of guanidine groups is 1. The first kappa shape index (κ1) is 17.7. The van der Waals surface area contributed by atoms with E-state index in [1.807, 2.05) is 42.5 Å². The molecule has 0 aliphatic carbocycles. The minimum Gasteiger partial charge on any atom is -0.487 e. The van der Waals surface area contributed by atoms with Gasteiger partial charge < -0.3 is 20.1 Å². The van der Waals surface area contributed by atoms with Crippen LogP contribution in [0.2, 0.25) is 0 Å². The van der Waals surface area contributed by atoms with Crippen molar-refractivity contribution < 1.29 is 9.47 Å². The maximum Gasteiger partial charge on any atom is 0.191 e. The molecule has 0 atom stereocenters. The van der Waals surface area contributed by atoms with E-state index >= 15 is 0 Å². The summed E-state index contributed by atoms with van der Waals surface area (Å²) in [6.45, 7) is 2.52. The minimum absolute atomic E-state index is 0.467. The smallest absolute Gasteiger partial charge is 0.191 e. The van der Waals surface area contributed by atoms with Crippen molar-refractivity contribution in [1.29, 1.82) is 0 Å². The van der Waals surface area contributed by atoms with Gasteiger partial charge in [0.2, 0.25) is 0 Å². The van der Waals surface area contributed by atoms with Crippen molar-refractivity contribution in [3.05, 3.63) is 59.9 Å². The SMILES string of the molecule is CN=C(NCCOC)NCc1ccc(OCc2ccccn2)cc1. The number of aliphatic imine (C=N–C) groups is 1. The van der Waals surface area contributed by atoms with Gasteiger partial charge >= 0.3 is 0 Å². The van der Waals surface area contributed by atoms with E-state index in [1.54, 1.807) is 20.4 Å². The van der Waals surface area contributed by atoms with Gasteiger partial charge in [-0.3, -0.25) is 9.98 Å². The van der Waals surface area contributed by atoms with Crippen molar-refractivity contribution in [3.8, 4) is 5.75 Å². The molecule has 6 heteroatoms. The summed E-state index contributed by atoms with van der Waals surface area (Å²) >= 11 is 0. The first-order valence-electron chi connectivity index (χ1n) is 7.87. The minimum atomic E-state index is 0.467. The summed E-state index contributed by atoms with van der Waals surface area (Å²) in [4.78, 5) is 8.40. The number of rotatable bonds is 8. The molecular formula is C18H24N4O2. The van der Waals surface area contributed by atoms with Crippen LogP contribution in [0, 0.1) is 0 Å². The largest absolute Gasteiger partial charge is 0.487 e. The third-order valence-electron chi connectivity index (χ3n) is 3.32. The fraction of sp³-hybridized carbons (Fsp3) is 0.333. The Kier molecular flexibility index (Phi) is 7.56. The second-order valence-corrected chi connectivity index (χ2v) is 5.10. The van der Waals surface area contributed by atoms with Crippen LogP contribution in [0.4, 0.5) is 0 Å². The van der Waals surface area contributed by atoms with Crippen LogP contribution in [0.1, 0.15) is 11.3 Å². The summed E-state index contributed by atoms with van der Waals surface area (Å²) in [7, 11) is 3.42. The number of hydrogen-bond acceptors (Lipinski definition) is 4. The number of hydrogen-bond donors (Lipinski definition) is 2. The van der Waals surface area contributed by atoms with Crippen molar-refractivity contribution in [3.63, 3.8) is 0 Å². The Morgan fingerprint density at radius 3 is 2.62 bits per heavy atom. The molecule has 2 N–H and O–H groups in total. The molecule has 2 rings (SSSR count). The molecule has 0 radical (unpaired) electrons. The van der Waals surface area contributed by atoms with Gasteiger partial charge in [0, 0.05) is 33.4 Å². The standard InChI is InChI=1S/C18H24N4O2/c1-19-18(21-11-12-23-2)22-13-15-6-8-17(9-7-15)24-14-16-5-3-4-10-20-16/h3-10H,11-14H2,1-2H3,(H2,19,21,22). The summed E-state index contributed by atoms with van der Waals surface area (Å²) in [6.07, 6.45) is 1.76. The van der Waals surface area contributed by atoms with Crippen LogP contribution in [0.25, 0.3) is 0 Å². The fourth-order valence-corrected chi connectivity index (χ4v) is 2.02. The van der Waals surface area contributed by atoms with E-state index in [4.69, 9.17) is 9.47 Å². The van der Waals surface area contributed by atoms with Crippen LogP contribution in [0.15, 0.2) is 53.7 Å². The van der Waals surface area contributed by atoms with E-state index in [-0.39, 0.29) is 0 Å². The predicted octanol–water partition coefficient (Wildman–Crippen LogP) is 1.97. The van der Waals surface area contributed by atoms with Crippen molar-refractivity contribution in [2.24, 2.45) is 4.99 Å². The molecule has 1 aromatic heterocycles. The molecule has 0 saturated heterocycles. The first-order valence-corrected chi connectivity index (χ1v) is 7.87. The molecule has 1 heterocycles. The molecule has 0 fully saturated rings. The van der Waals surface area contributed by atoms with Crippen LogP contribution >= 0.6 is 0 Å². The summed E-state index contributed by atoms with van der Waals surface area (Å²) in [5, 5.41) is 6.43. The number of benzene rings is 1. The van der Waals surface area contributed by atoms with Crippen molar-refractivity contribution in [2.45, 2.75) is 13.2 Å². The van der Waals surface area contributed by atoms with Crippen LogP contribution in [0.3, 0.4) is 0 Å². The first-order chi connectivity index (χ1) is 11.8. The van der Waals surface area contributed by atoms with Gasteiger partial charge in [0.25, 0.3) is 0 Å². The summed E-state index contributed by atoms with van der Waals surface area (Å²) in [6, 6.07) is 13.8. The van der Waals surface area contributed by atoms with E-state index in [2.05, 4.69) is 20.6 Å². The van der Waals surface area contributed by atoms with Crippen molar-refractivity contribution in [2.75, 3.05) is 27.3 Å². The van der Waals surface area contributed by atoms with Crippen LogP contribution < -0.4 is 15.4 Å². The van der Waals surface area contributed by atoms with Gasteiger partial charge in [-0.1, -0.05) is 18.2 Å². The maximum atomic E-state index is 5.73. The van der Waals surface area contributed by atoms with E-state index in [0.29, 0.717) is 19.8 Å². The highest BCUT2D eigenvalue weighted by Crippen LogP contribution is 2.13. The lowest BCUT2D eigenvalue weighted by molar-refractivity contribution is 0.203. The molecule has 0 bridgehead atoms. The molecule has 24 heavy (non-hydrogen) atoms. The molecule has 0 amide bonds. The lowest BCUT2D eigenvalue weighted by Gasteiger charge is -2.12. The maximum absolute atomic E-state index is 5.73. The molecule has 128 valence electrons. The molecule has 0 aliphatic rings. The summed E-state index contributed by atoms with van der Waals surface area (Å²) < 4.78 is 10.7. The highest BCUT2D eigenvalue weighted by atomic mass is 16.5. The van der Waals surface area contributed by atoms with Gasteiger partial charge in [0.1, 0.15) is 12.4 Å². The monoisotopic (exact) mass is 328 g/mol. The molecule has 0 aliphatic heterocycles. The second kappa shape index (κ2) is 10.2. The quantitative estimate of drug-likeness (QED) is 0.440. The molecule has 1 aromatic carbocycles. The van der Waals surface area contributed by atoms with Crippen LogP contribution in [-0.2, 0) is 17.9 Å². The molecule has 0 saturated carbocycles. The summed E-state index contributed by atoms with van der Waals surface area (Å²) in [5.74, 6) is 1.58. The molecule has 0 unspecified atom stereocenters. The Hall–Kier alpha value is -2.60. The average Bonchev–Trinajstić information content (AvgIpc) is 2.64. The number of methoxy groups -OCH3 is 1. The third-order valence-corrected chi connectivity index (χ3v) is 3.32. The van der Waals surface area contributed by atoms with Gasteiger partial charge in [-0.2, -0.15) is 0 Å². The Morgan fingerprint density at radius 2 is 1.96 bits per heavy atom. The van der Waals surface area contributed by atoms with Crippen molar-refractivity contribution in [1.82, 2.24) is 15.6 Å². The lowest BCUT2D eigenvalue weighted by atomic mass is 10.2. The zero-order chi connectivity index (χ0) is 17.0. The van der Waals surface area contributed by atoms with Gasteiger partial charge in [-0.15, -0.1) is 0 Å². The van der Waals surface area contributed by atoms with E-state index in [1.165, 1.54) is 0 Å². The molecule has 6 nitrogen and oxygen atoms in total. The Morgan fingerprint density at radius 1 is 1.12 bits per heavy atom. The van der Waals surface area contributed by atoms with Gasteiger partial charge in [-0.05, 0) is 29.8 Å². The highest BCUT2D eigenvalue weighted by Gasteiger charge is 2.00. The Balaban J connectivity index is 1.77. The van der Waals surface area contributed by atoms with Crippen LogP contribution in [-0.4, -0.2) is 38.3 Å². The van der Waals surface area contributed by atoms with E-state index in [0.717, 1.165) is 29.5 Å². The topological polar surface area (TPSA) is 67.8 Å². The predicted molar refractivity (Wildman–Crippen MR) is 95.1 cm³/mol. The molecule has 2 aromatic rings. The number of aromatic nitrogens is 1. The van der Waals surface area contributed by atoms with Gasteiger partial charge in [-0.25, -0.2) is 0 Å². The number of pyridine rings is 1. The van der Waals surface area contributed by atoms with Crippen LogP contribution in [0.5, 0.6) is 5.75 Å². The second-order valence-electron chi connectivity index (χ2n) is 5.10. The summed E-state index contributed by atoms with van der Waals surface area (Å²) in [5.41, 5.74) is 2.06. The zero-order valence-corrected chi connectivity index (χ0v) is 14.2. The van der Waals surface area contributed by atoms with E-state index < -0.39 is 0 Å². The lowest BCUT2D eigenvalue weighted by Crippen LogP contribution is -2.38. The fourth-order valence-electron chi connectivity index (χ4n) is 2.02. The number of nitrogens with zero attached hydrogens (tertiary/aromatic N) is 2. The van der Waals surface area contributed by atoms with Gasteiger partial charge in [0.05, 0.1) is 12.3 Å². The third kappa shape index (κ3) is 6.26. The Bertz CT molecular complexity index is 615.